The Morgan fingerprint density at radius 3 is 1.08 bits per heavy atom. The standard InChI is InChI=1S/C73H52N4/c1-45-15-7-11-19-57(45)51-25-32-68-63(38-51)64-39-52(58-20-12-8-16-46(58)2)26-33-69(64)76(68)72-36-29-56(75-6)43-67(72)62-31-24-55(61-30-23-50(44-74)37-49(61)5)42-73(62)77-70-34-27-53(59-21-13-9-17-47(59)3)40-65(70)66-41-54(28-35-71(66)77)60-22-14-10-18-48(60)4/h7-43H,1-5H3. The largest absolute Gasteiger partial charge is 0.309 e. The number of nitriles is 1. The van der Waals surface area contributed by atoms with Gasteiger partial charge in [-0.05, 0) is 202 Å². The SMILES string of the molecule is [C-]#[N+]c1ccc(-n2c3ccc(-c4ccccc4C)cc3c3cc(-c4ccccc4C)ccc32)c(-c2ccc(-c3ccc(C#N)cc3C)cc2-n2c3ccc(-c4ccccc4C)cc3c3cc(-c4ccccc4C)ccc32)c1. The molecule has 0 fully saturated rings. The van der Waals surface area contributed by atoms with Crippen molar-refractivity contribution in [3.8, 4) is 84.2 Å². The van der Waals surface area contributed by atoms with Crippen LogP contribution in [0, 0.1) is 52.5 Å². The van der Waals surface area contributed by atoms with E-state index in [1.165, 1.54) is 44.5 Å². The number of fused-ring (bicyclic) bond motifs is 6. The Morgan fingerprint density at radius 2 is 0.688 bits per heavy atom. The Hall–Kier alpha value is -10.0. The van der Waals surface area contributed by atoms with Crippen molar-refractivity contribution in [3.05, 3.63) is 269 Å². The molecule has 0 aliphatic carbocycles. The summed E-state index contributed by atoms with van der Waals surface area (Å²) in [5, 5.41) is 14.5. The number of hydrogen-bond acceptors (Lipinski definition) is 1. The van der Waals surface area contributed by atoms with Crippen molar-refractivity contribution >= 4 is 49.3 Å². The first kappa shape index (κ1) is 46.8. The fourth-order valence-electron chi connectivity index (χ4n) is 12.0. The van der Waals surface area contributed by atoms with E-state index >= 15 is 0 Å². The van der Waals surface area contributed by atoms with Crippen molar-refractivity contribution in [3.63, 3.8) is 0 Å². The molecule has 364 valence electrons. The lowest BCUT2D eigenvalue weighted by Crippen LogP contribution is -2.02. The third kappa shape index (κ3) is 7.90. The fraction of sp³-hybridized carbons (Fsp3) is 0.0685. The van der Waals surface area contributed by atoms with Gasteiger partial charge in [0.2, 0.25) is 0 Å². The normalized spacial score (nSPS) is 11.4. The highest BCUT2D eigenvalue weighted by molar-refractivity contribution is 6.14. The van der Waals surface area contributed by atoms with Crippen molar-refractivity contribution in [2.75, 3.05) is 0 Å². The summed E-state index contributed by atoms with van der Waals surface area (Å²) >= 11 is 0. The minimum atomic E-state index is 0.555. The molecule has 2 aromatic heterocycles. The van der Waals surface area contributed by atoms with Crippen LogP contribution >= 0.6 is 0 Å². The number of rotatable bonds is 8. The van der Waals surface area contributed by atoms with Crippen LogP contribution < -0.4 is 0 Å². The molecule has 0 saturated heterocycles. The maximum absolute atomic E-state index is 9.93. The van der Waals surface area contributed by atoms with Crippen LogP contribution in [0.5, 0.6) is 0 Å². The van der Waals surface area contributed by atoms with Crippen LogP contribution in [0.3, 0.4) is 0 Å². The molecule has 0 unspecified atom stereocenters. The number of benzene rings is 11. The number of hydrogen-bond donors (Lipinski definition) is 0. The van der Waals surface area contributed by atoms with E-state index in [1.54, 1.807) is 0 Å². The van der Waals surface area contributed by atoms with E-state index in [0.29, 0.717) is 11.3 Å². The van der Waals surface area contributed by atoms with Gasteiger partial charge < -0.3 is 9.13 Å². The molecular weight excluding hydrogens is 933 g/mol. The summed E-state index contributed by atoms with van der Waals surface area (Å²) in [6, 6.07) is 83.3. The van der Waals surface area contributed by atoms with E-state index in [2.05, 4.69) is 261 Å². The zero-order valence-corrected chi connectivity index (χ0v) is 43.7. The van der Waals surface area contributed by atoms with Gasteiger partial charge in [-0.1, -0.05) is 146 Å². The van der Waals surface area contributed by atoms with E-state index in [9.17, 15) is 5.26 Å². The fourth-order valence-corrected chi connectivity index (χ4v) is 12.0. The van der Waals surface area contributed by atoms with Crippen molar-refractivity contribution in [2.24, 2.45) is 0 Å². The van der Waals surface area contributed by atoms with E-state index in [0.717, 1.165) is 105 Å². The van der Waals surface area contributed by atoms with Crippen LogP contribution in [0.15, 0.2) is 224 Å². The van der Waals surface area contributed by atoms with E-state index in [4.69, 9.17) is 6.57 Å². The lowest BCUT2D eigenvalue weighted by atomic mass is 9.93. The number of aromatic nitrogens is 2. The summed E-state index contributed by atoms with van der Waals surface area (Å²) in [6.07, 6.45) is 0. The predicted molar refractivity (Wildman–Crippen MR) is 322 cm³/mol. The lowest BCUT2D eigenvalue weighted by molar-refractivity contribution is 1.16. The molecule has 0 N–H and O–H groups in total. The van der Waals surface area contributed by atoms with Crippen LogP contribution in [-0.2, 0) is 0 Å². The highest BCUT2D eigenvalue weighted by atomic mass is 15.0. The quantitative estimate of drug-likeness (QED) is 0.140. The molecule has 13 aromatic rings. The molecule has 0 aliphatic heterocycles. The average Bonchev–Trinajstić information content (AvgIpc) is 3.96. The summed E-state index contributed by atoms with van der Waals surface area (Å²) in [5.41, 5.74) is 26.8. The Labute approximate surface area is 449 Å². The van der Waals surface area contributed by atoms with Gasteiger partial charge in [0.05, 0.1) is 51.6 Å². The van der Waals surface area contributed by atoms with Gasteiger partial charge in [0.1, 0.15) is 0 Å². The number of aryl methyl sites for hydroxylation is 5. The molecule has 2 heterocycles. The summed E-state index contributed by atoms with van der Waals surface area (Å²) in [5.74, 6) is 0. The molecule has 0 atom stereocenters. The second-order valence-electron chi connectivity index (χ2n) is 20.5. The van der Waals surface area contributed by atoms with Crippen LogP contribution in [0.4, 0.5) is 5.69 Å². The monoisotopic (exact) mass is 984 g/mol. The van der Waals surface area contributed by atoms with Gasteiger partial charge in [0, 0.05) is 27.1 Å². The molecule has 0 bridgehead atoms. The van der Waals surface area contributed by atoms with Crippen molar-refractivity contribution < 1.29 is 0 Å². The first-order valence-corrected chi connectivity index (χ1v) is 26.2. The second-order valence-corrected chi connectivity index (χ2v) is 20.5. The van der Waals surface area contributed by atoms with Gasteiger partial charge in [0.15, 0.2) is 5.69 Å². The minimum Gasteiger partial charge on any atom is -0.309 e. The molecule has 0 spiro atoms. The van der Waals surface area contributed by atoms with Crippen LogP contribution in [-0.4, -0.2) is 9.13 Å². The highest BCUT2D eigenvalue weighted by Gasteiger charge is 2.24. The van der Waals surface area contributed by atoms with E-state index < -0.39 is 0 Å². The summed E-state index contributed by atoms with van der Waals surface area (Å²) in [4.78, 5) is 4.09. The van der Waals surface area contributed by atoms with Gasteiger partial charge >= 0.3 is 0 Å². The van der Waals surface area contributed by atoms with Gasteiger partial charge in [-0.2, -0.15) is 5.26 Å². The van der Waals surface area contributed by atoms with Gasteiger partial charge in [-0.3, -0.25) is 0 Å². The Bertz CT molecular complexity index is 4450. The van der Waals surface area contributed by atoms with Crippen molar-refractivity contribution in [1.82, 2.24) is 9.13 Å². The smallest absolute Gasteiger partial charge is 0.188 e. The maximum Gasteiger partial charge on any atom is 0.188 e. The first-order chi connectivity index (χ1) is 37.6. The van der Waals surface area contributed by atoms with E-state index in [1.807, 2.05) is 18.2 Å². The molecule has 0 amide bonds. The minimum absolute atomic E-state index is 0.555. The van der Waals surface area contributed by atoms with Crippen molar-refractivity contribution in [2.45, 2.75) is 34.6 Å². The summed E-state index contributed by atoms with van der Waals surface area (Å²) in [6.45, 7) is 19.3. The highest BCUT2D eigenvalue weighted by Crippen LogP contribution is 2.46. The lowest BCUT2D eigenvalue weighted by Gasteiger charge is -2.21. The Balaban J connectivity index is 1.12. The average molecular weight is 985 g/mol. The summed E-state index contributed by atoms with van der Waals surface area (Å²) in [7, 11) is 0. The first-order valence-electron chi connectivity index (χ1n) is 26.2. The molecule has 4 nitrogen and oxygen atoms in total. The molecule has 0 saturated carbocycles. The molecule has 0 aliphatic rings. The van der Waals surface area contributed by atoms with Crippen LogP contribution in [0.1, 0.15) is 33.4 Å². The molecule has 11 aromatic carbocycles. The van der Waals surface area contributed by atoms with Gasteiger partial charge in [0.25, 0.3) is 0 Å². The molecular formula is C73H52N4. The van der Waals surface area contributed by atoms with Crippen LogP contribution in [0.25, 0.3) is 127 Å². The zero-order valence-electron chi connectivity index (χ0n) is 43.7. The predicted octanol–water partition coefficient (Wildman–Crippen LogP) is 19.8. The summed E-state index contributed by atoms with van der Waals surface area (Å²) < 4.78 is 4.85. The molecule has 4 heteroatoms. The topological polar surface area (TPSA) is 38.0 Å². The number of nitrogens with zero attached hydrogens (tertiary/aromatic N) is 4. The van der Waals surface area contributed by atoms with Crippen LogP contribution in [0.2, 0.25) is 0 Å². The molecule has 13 rings (SSSR count). The Morgan fingerprint density at radius 1 is 0.325 bits per heavy atom. The van der Waals surface area contributed by atoms with Gasteiger partial charge in [-0.15, -0.1) is 0 Å². The third-order valence-electron chi connectivity index (χ3n) is 15.9. The molecule has 0 radical (unpaired) electrons. The maximum atomic E-state index is 9.93. The van der Waals surface area contributed by atoms with E-state index in [-0.39, 0.29) is 0 Å². The zero-order chi connectivity index (χ0) is 52.5. The second kappa shape index (κ2) is 18.7. The Kier molecular flexibility index (Phi) is 11.4. The third-order valence-corrected chi connectivity index (χ3v) is 15.9. The van der Waals surface area contributed by atoms with Gasteiger partial charge in [-0.25, -0.2) is 4.85 Å². The molecule has 77 heavy (non-hydrogen) atoms. The van der Waals surface area contributed by atoms with Crippen molar-refractivity contribution in [1.29, 1.82) is 5.26 Å².